The van der Waals surface area contributed by atoms with Crippen LogP contribution in [0.25, 0.3) is 0 Å². The average Bonchev–Trinajstić information content (AvgIpc) is 2.09. The molecule has 0 spiro atoms. The predicted molar refractivity (Wildman–Crippen MR) is 50.6 cm³/mol. The molecule has 5 heteroatoms. The minimum Gasteiger partial charge on any atom is -0.393 e. The molecule has 72 valence electrons. The number of aromatic amines is 1. The molecule has 1 aromatic heterocycles. The molecule has 1 aromatic rings. The van der Waals surface area contributed by atoms with Gasteiger partial charge >= 0.3 is 5.69 Å². The van der Waals surface area contributed by atoms with Gasteiger partial charge in [0.2, 0.25) is 0 Å². The van der Waals surface area contributed by atoms with E-state index in [0.29, 0.717) is 6.54 Å². The third-order valence-electron chi connectivity index (χ3n) is 1.79. The summed E-state index contributed by atoms with van der Waals surface area (Å²) in [5.74, 6) is 0. The smallest absolute Gasteiger partial charge is 0.328 e. The molecule has 0 aromatic carbocycles. The second-order valence-corrected chi connectivity index (χ2v) is 2.89. The average molecular weight is 183 g/mol. The lowest BCUT2D eigenvalue weighted by molar-refractivity contribution is 0.598. The van der Waals surface area contributed by atoms with Crippen molar-refractivity contribution in [2.45, 2.75) is 26.3 Å². The van der Waals surface area contributed by atoms with Gasteiger partial charge in [-0.2, -0.15) is 0 Å². The molecule has 0 saturated carbocycles. The van der Waals surface area contributed by atoms with Gasteiger partial charge < -0.3 is 5.73 Å². The first kappa shape index (κ1) is 9.57. The molecule has 1 heterocycles. The van der Waals surface area contributed by atoms with Crippen molar-refractivity contribution in [3.63, 3.8) is 0 Å². The standard InChI is InChI=1S/C8H13N3O2/c1-2-3-4-11-5-6(9)7(12)10-8(11)13/h5H,2-4,9H2,1H3,(H,10,12,13). The zero-order chi connectivity index (χ0) is 9.84. The number of nitrogens with two attached hydrogens (primary N) is 1. The highest BCUT2D eigenvalue weighted by Gasteiger charge is 1.99. The number of hydrogen-bond acceptors (Lipinski definition) is 3. The van der Waals surface area contributed by atoms with Gasteiger partial charge in [0.05, 0.1) is 0 Å². The van der Waals surface area contributed by atoms with Crippen LogP contribution in [0.2, 0.25) is 0 Å². The maximum absolute atomic E-state index is 11.1. The van der Waals surface area contributed by atoms with Crippen LogP contribution < -0.4 is 17.0 Å². The van der Waals surface area contributed by atoms with Gasteiger partial charge in [-0.3, -0.25) is 14.3 Å². The normalized spacial score (nSPS) is 10.2. The van der Waals surface area contributed by atoms with Crippen LogP contribution in [-0.2, 0) is 6.54 Å². The van der Waals surface area contributed by atoms with E-state index >= 15 is 0 Å². The van der Waals surface area contributed by atoms with Crippen LogP contribution >= 0.6 is 0 Å². The Morgan fingerprint density at radius 1 is 1.54 bits per heavy atom. The van der Waals surface area contributed by atoms with Gasteiger partial charge in [-0.1, -0.05) is 13.3 Å². The van der Waals surface area contributed by atoms with E-state index in [4.69, 9.17) is 5.73 Å². The van der Waals surface area contributed by atoms with Crippen LogP contribution in [0.5, 0.6) is 0 Å². The van der Waals surface area contributed by atoms with Crippen molar-refractivity contribution in [2.75, 3.05) is 5.73 Å². The van der Waals surface area contributed by atoms with Crippen molar-refractivity contribution in [3.05, 3.63) is 27.0 Å². The lowest BCUT2D eigenvalue weighted by Gasteiger charge is -2.03. The molecule has 0 atom stereocenters. The lowest BCUT2D eigenvalue weighted by Crippen LogP contribution is -2.30. The minimum absolute atomic E-state index is 0.0794. The number of nitrogen functional groups attached to an aromatic ring is 1. The van der Waals surface area contributed by atoms with Crippen molar-refractivity contribution in [2.24, 2.45) is 0 Å². The van der Waals surface area contributed by atoms with Crippen LogP contribution in [-0.4, -0.2) is 9.55 Å². The summed E-state index contributed by atoms with van der Waals surface area (Å²) in [5.41, 5.74) is 4.53. The summed E-state index contributed by atoms with van der Waals surface area (Å²) in [6.45, 7) is 2.62. The Labute approximate surface area is 75.2 Å². The van der Waals surface area contributed by atoms with Crippen LogP contribution in [0.4, 0.5) is 5.69 Å². The number of aromatic nitrogens is 2. The summed E-state index contributed by atoms with van der Waals surface area (Å²) in [7, 11) is 0. The van der Waals surface area contributed by atoms with Gasteiger partial charge in [-0.25, -0.2) is 4.79 Å². The Hall–Kier alpha value is -1.52. The van der Waals surface area contributed by atoms with E-state index in [2.05, 4.69) is 4.98 Å². The summed E-state index contributed by atoms with van der Waals surface area (Å²) < 4.78 is 1.42. The van der Waals surface area contributed by atoms with E-state index in [1.54, 1.807) is 0 Å². The van der Waals surface area contributed by atoms with E-state index in [-0.39, 0.29) is 5.69 Å². The molecular weight excluding hydrogens is 170 g/mol. The Morgan fingerprint density at radius 3 is 2.85 bits per heavy atom. The van der Waals surface area contributed by atoms with Crippen molar-refractivity contribution in [1.29, 1.82) is 0 Å². The monoisotopic (exact) mass is 183 g/mol. The highest BCUT2D eigenvalue weighted by molar-refractivity contribution is 5.30. The first-order valence-corrected chi connectivity index (χ1v) is 4.24. The van der Waals surface area contributed by atoms with Crippen molar-refractivity contribution in [3.8, 4) is 0 Å². The fourth-order valence-corrected chi connectivity index (χ4v) is 1.02. The number of rotatable bonds is 3. The molecule has 0 amide bonds. The fraction of sp³-hybridized carbons (Fsp3) is 0.500. The summed E-state index contributed by atoms with van der Waals surface area (Å²) in [4.78, 5) is 24.2. The Kier molecular flexibility index (Phi) is 2.89. The highest BCUT2D eigenvalue weighted by Crippen LogP contribution is 1.92. The fourth-order valence-electron chi connectivity index (χ4n) is 1.02. The van der Waals surface area contributed by atoms with Crippen LogP contribution in [0.15, 0.2) is 15.8 Å². The van der Waals surface area contributed by atoms with Gasteiger partial charge in [0, 0.05) is 12.7 Å². The van der Waals surface area contributed by atoms with Gasteiger partial charge in [0.15, 0.2) is 0 Å². The van der Waals surface area contributed by atoms with E-state index in [1.807, 2.05) is 6.92 Å². The molecule has 0 aliphatic rings. The third-order valence-corrected chi connectivity index (χ3v) is 1.79. The Bertz CT molecular complexity index is 391. The second-order valence-electron chi connectivity index (χ2n) is 2.89. The largest absolute Gasteiger partial charge is 0.393 e. The highest BCUT2D eigenvalue weighted by atomic mass is 16.2. The number of hydrogen-bond donors (Lipinski definition) is 2. The van der Waals surface area contributed by atoms with Crippen molar-refractivity contribution >= 4 is 5.69 Å². The predicted octanol–water partition coefficient (Wildman–Crippen LogP) is -0.0811. The summed E-state index contributed by atoms with van der Waals surface area (Å²) in [6.07, 6.45) is 3.27. The van der Waals surface area contributed by atoms with E-state index in [1.165, 1.54) is 10.8 Å². The lowest BCUT2D eigenvalue weighted by atomic mass is 10.3. The molecule has 0 radical (unpaired) electrons. The zero-order valence-corrected chi connectivity index (χ0v) is 7.54. The second kappa shape index (κ2) is 3.93. The van der Waals surface area contributed by atoms with Crippen LogP contribution in [0.1, 0.15) is 19.8 Å². The molecule has 0 aliphatic carbocycles. The van der Waals surface area contributed by atoms with Crippen molar-refractivity contribution < 1.29 is 0 Å². The first-order chi connectivity index (χ1) is 6.15. The van der Waals surface area contributed by atoms with Crippen LogP contribution in [0, 0.1) is 0 Å². The van der Waals surface area contributed by atoms with Gasteiger partial charge in [0.25, 0.3) is 5.56 Å². The quantitative estimate of drug-likeness (QED) is 0.687. The molecule has 0 bridgehead atoms. The summed E-state index contributed by atoms with van der Waals surface area (Å²) in [6, 6.07) is 0. The number of nitrogens with zero attached hydrogens (tertiary/aromatic N) is 1. The van der Waals surface area contributed by atoms with E-state index in [9.17, 15) is 9.59 Å². The van der Waals surface area contributed by atoms with E-state index < -0.39 is 11.2 Å². The number of unbranched alkanes of at least 4 members (excludes halogenated alkanes) is 1. The van der Waals surface area contributed by atoms with Gasteiger partial charge in [-0.15, -0.1) is 0 Å². The molecular formula is C8H13N3O2. The number of H-pyrrole nitrogens is 1. The van der Waals surface area contributed by atoms with Crippen molar-refractivity contribution in [1.82, 2.24) is 9.55 Å². The Balaban J connectivity index is 3.02. The zero-order valence-electron chi connectivity index (χ0n) is 7.54. The molecule has 0 aliphatic heterocycles. The first-order valence-electron chi connectivity index (χ1n) is 4.24. The summed E-state index contributed by atoms with van der Waals surface area (Å²) in [5, 5.41) is 0. The number of nitrogens with one attached hydrogen (secondary N) is 1. The summed E-state index contributed by atoms with van der Waals surface area (Å²) >= 11 is 0. The van der Waals surface area contributed by atoms with Crippen LogP contribution in [0.3, 0.4) is 0 Å². The topological polar surface area (TPSA) is 80.9 Å². The third kappa shape index (κ3) is 2.21. The van der Waals surface area contributed by atoms with Gasteiger partial charge in [0.1, 0.15) is 5.69 Å². The Morgan fingerprint density at radius 2 is 2.23 bits per heavy atom. The van der Waals surface area contributed by atoms with Gasteiger partial charge in [-0.05, 0) is 6.42 Å². The molecule has 1 rings (SSSR count). The molecule has 3 N–H and O–H groups in total. The molecule has 0 fully saturated rings. The maximum Gasteiger partial charge on any atom is 0.328 e. The molecule has 0 unspecified atom stereocenters. The molecule has 13 heavy (non-hydrogen) atoms. The SMILES string of the molecule is CCCCn1cc(N)c(=O)[nH]c1=O. The molecule has 0 saturated heterocycles. The number of anilines is 1. The maximum atomic E-state index is 11.1. The number of aryl methyl sites for hydroxylation is 1. The molecule has 5 nitrogen and oxygen atoms in total. The van der Waals surface area contributed by atoms with E-state index in [0.717, 1.165) is 12.8 Å². The minimum atomic E-state index is -0.516.